The Kier molecular flexibility index (Phi) is 7.63. The Hall–Kier alpha value is 0.154. The molecule has 1 atom stereocenters. The number of hydrogen-bond acceptors (Lipinski definition) is 0. The van der Waals surface area contributed by atoms with Crippen LogP contribution in [0.5, 0.6) is 0 Å². The van der Waals surface area contributed by atoms with E-state index in [-0.39, 0.29) is 36.5 Å². The van der Waals surface area contributed by atoms with Gasteiger partial charge in [-0.25, -0.2) is 0 Å². The maximum atomic E-state index is 13.4. The Labute approximate surface area is 105 Å². The Balaban J connectivity index is 3.98. The van der Waals surface area contributed by atoms with Crippen molar-refractivity contribution in [2.75, 3.05) is 0 Å². The van der Waals surface area contributed by atoms with E-state index in [1.165, 1.54) is 0 Å². The molecule has 0 heterocycles. The lowest BCUT2D eigenvalue weighted by Crippen LogP contribution is -2.27. The third-order valence-corrected chi connectivity index (χ3v) is 7.66. The van der Waals surface area contributed by atoms with Crippen LogP contribution in [0.4, 0.5) is 16.4 Å². The Bertz CT molecular complexity index is 210. The van der Waals surface area contributed by atoms with Gasteiger partial charge in [0.2, 0.25) is 0 Å². The number of rotatable bonds is 9. The normalized spacial score (nSPS) is 15.0. The molecule has 6 heteroatoms. The SMILES string of the molecule is CCC[Si](F)(F)CCC(C)C[Si](F)(F)CCC. The maximum absolute atomic E-state index is 13.4. The molecular weight excluding hydrogens is 264 g/mol. The number of halogens is 4. The molecule has 0 radical (unpaired) electrons. The number of hydrogen-bond donors (Lipinski definition) is 0. The highest BCUT2D eigenvalue weighted by molar-refractivity contribution is 6.66. The molecular formula is C11H24F4Si2. The first-order valence-corrected chi connectivity index (χ1v) is 10.8. The monoisotopic (exact) mass is 288 g/mol. The second kappa shape index (κ2) is 7.56. The molecule has 0 fully saturated rings. The molecule has 0 rings (SSSR count). The summed E-state index contributed by atoms with van der Waals surface area (Å²) in [4.78, 5) is 0. The van der Waals surface area contributed by atoms with Crippen molar-refractivity contribution in [2.24, 2.45) is 5.92 Å². The van der Waals surface area contributed by atoms with Crippen molar-refractivity contribution in [3.05, 3.63) is 0 Å². The van der Waals surface area contributed by atoms with Crippen LogP contribution in [0.15, 0.2) is 0 Å². The van der Waals surface area contributed by atoms with Crippen LogP contribution in [0.1, 0.15) is 40.0 Å². The summed E-state index contributed by atoms with van der Waals surface area (Å²) in [5.41, 5.74) is 0. The minimum atomic E-state index is -4.11. The fraction of sp³-hybridized carbons (Fsp3) is 1.00. The molecule has 0 saturated carbocycles. The average molecular weight is 288 g/mol. The third kappa shape index (κ3) is 8.82. The molecule has 0 aromatic rings. The highest BCUT2D eigenvalue weighted by Crippen LogP contribution is 2.31. The van der Waals surface area contributed by atoms with Gasteiger partial charge in [-0.3, -0.25) is 16.4 Å². The van der Waals surface area contributed by atoms with Gasteiger partial charge < -0.3 is 0 Å². The van der Waals surface area contributed by atoms with Gasteiger partial charge in [0.1, 0.15) is 0 Å². The van der Waals surface area contributed by atoms with Gasteiger partial charge in [-0.15, -0.1) is 0 Å². The third-order valence-electron chi connectivity index (χ3n) is 2.88. The van der Waals surface area contributed by atoms with Gasteiger partial charge >= 0.3 is 17.5 Å². The smallest absolute Gasteiger partial charge is 0.270 e. The molecule has 0 aromatic carbocycles. The van der Waals surface area contributed by atoms with Crippen molar-refractivity contribution in [3.8, 4) is 0 Å². The predicted molar refractivity (Wildman–Crippen MR) is 69.5 cm³/mol. The molecule has 1 unspecified atom stereocenters. The first kappa shape index (κ1) is 17.2. The van der Waals surface area contributed by atoms with E-state index in [0.29, 0.717) is 12.8 Å². The summed E-state index contributed by atoms with van der Waals surface area (Å²) in [6.45, 7) is 5.17. The lowest BCUT2D eigenvalue weighted by atomic mass is 10.2. The summed E-state index contributed by atoms with van der Waals surface area (Å²) in [5.74, 6) is -0.251. The van der Waals surface area contributed by atoms with Crippen molar-refractivity contribution in [3.63, 3.8) is 0 Å². The molecule has 104 valence electrons. The molecule has 0 N–H and O–H groups in total. The zero-order chi connectivity index (χ0) is 13.5. The van der Waals surface area contributed by atoms with Crippen LogP contribution in [-0.4, -0.2) is 17.5 Å². The Morgan fingerprint density at radius 2 is 1.29 bits per heavy atom. The molecule has 17 heavy (non-hydrogen) atoms. The van der Waals surface area contributed by atoms with E-state index in [9.17, 15) is 16.4 Å². The van der Waals surface area contributed by atoms with Crippen molar-refractivity contribution in [2.45, 2.75) is 64.2 Å². The molecule has 0 aliphatic carbocycles. The molecule has 0 aliphatic heterocycles. The van der Waals surface area contributed by atoms with Crippen LogP contribution in [0.3, 0.4) is 0 Å². The minimum Gasteiger partial charge on any atom is -0.270 e. The van der Waals surface area contributed by atoms with Crippen LogP contribution in [0.25, 0.3) is 0 Å². The Morgan fingerprint density at radius 3 is 1.76 bits per heavy atom. The second-order valence-electron chi connectivity index (χ2n) is 5.06. The molecule has 0 nitrogen and oxygen atoms in total. The van der Waals surface area contributed by atoms with Crippen LogP contribution in [0.2, 0.25) is 24.2 Å². The first-order valence-electron chi connectivity index (χ1n) is 6.48. The summed E-state index contributed by atoms with van der Waals surface area (Å²) in [6, 6.07) is -0.224. The predicted octanol–water partition coefficient (Wildman–Crippen LogP) is 5.60. The van der Waals surface area contributed by atoms with Gasteiger partial charge in [-0.1, -0.05) is 33.6 Å². The van der Waals surface area contributed by atoms with Crippen LogP contribution < -0.4 is 0 Å². The molecule has 0 bridgehead atoms. The van der Waals surface area contributed by atoms with Gasteiger partial charge in [0.25, 0.3) is 0 Å². The fourth-order valence-corrected chi connectivity index (χ4v) is 6.08. The van der Waals surface area contributed by atoms with Crippen LogP contribution in [-0.2, 0) is 0 Å². The van der Waals surface area contributed by atoms with Crippen LogP contribution in [0, 0.1) is 5.92 Å². The highest BCUT2D eigenvalue weighted by Gasteiger charge is 2.38. The van der Waals surface area contributed by atoms with E-state index in [2.05, 4.69) is 0 Å². The van der Waals surface area contributed by atoms with Gasteiger partial charge in [-0.2, -0.15) is 0 Å². The molecule has 0 aromatic heterocycles. The lowest BCUT2D eigenvalue weighted by Gasteiger charge is -2.19. The Morgan fingerprint density at radius 1 is 0.824 bits per heavy atom. The first-order chi connectivity index (χ1) is 7.72. The average Bonchev–Trinajstić information content (AvgIpc) is 2.14. The molecule has 0 amide bonds. The van der Waals surface area contributed by atoms with Crippen molar-refractivity contribution in [1.29, 1.82) is 0 Å². The summed E-state index contributed by atoms with van der Waals surface area (Å²) >= 11 is 0. The largest absolute Gasteiger partial charge is 0.425 e. The summed E-state index contributed by atoms with van der Waals surface area (Å²) < 4.78 is 53.5. The van der Waals surface area contributed by atoms with E-state index in [1.54, 1.807) is 20.8 Å². The van der Waals surface area contributed by atoms with E-state index in [4.69, 9.17) is 0 Å². The zero-order valence-electron chi connectivity index (χ0n) is 11.0. The standard InChI is InChI=1S/C11H24F4Si2/c1-4-7-16(12,13)9-6-11(3)10-17(14,15)8-5-2/h11H,4-10H2,1-3H3. The van der Waals surface area contributed by atoms with Crippen molar-refractivity contribution in [1.82, 2.24) is 0 Å². The maximum Gasteiger partial charge on any atom is 0.425 e. The zero-order valence-corrected chi connectivity index (χ0v) is 13.0. The summed E-state index contributed by atoms with van der Waals surface area (Å²) in [6.07, 6.45) is 1.26. The van der Waals surface area contributed by atoms with E-state index < -0.39 is 17.5 Å². The molecule has 0 aliphatic rings. The highest BCUT2D eigenvalue weighted by atomic mass is 28.4. The van der Waals surface area contributed by atoms with Gasteiger partial charge in [0.05, 0.1) is 0 Å². The topological polar surface area (TPSA) is 0 Å². The molecule has 0 saturated heterocycles. The van der Waals surface area contributed by atoms with Crippen molar-refractivity contribution >= 4 is 17.5 Å². The quantitative estimate of drug-likeness (QED) is 0.294. The van der Waals surface area contributed by atoms with Gasteiger partial charge in [0.15, 0.2) is 0 Å². The summed E-state index contributed by atoms with van der Waals surface area (Å²) in [7, 11) is -8.20. The van der Waals surface area contributed by atoms with E-state index in [0.717, 1.165) is 0 Å². The lowest BCUT2D eigenvalue weighted by molar-refractivity contribution is 0.495. The second-order valence-corrected chi connectivity index (χ2v) is 10.4. The minimum absolute atomic E-state index is 0.000120. The van der Waals surface area contributed by atoms with E-state index >= 15 is 0 Å². The van der Waals surface area contributed by atoms with E-state index in [1.807, 2.05) is 0 Å². The molecule has 0 spiro atoms. The fourth-order valence-electron chi connectivity index (χ4n) is 2.03. The summed E-state index contributed by atoms with van der Waals surface area (Å²) in [5, 5.41) is 0. The van der Waals surface area contributed by atoms with Gasteiger partial charge in [0, 0.05) is 6.04 Å². The van der Waals surface area contributed by atoms with Crippen LogP contribution >= 0.6 is 0 Å². The van der Waals surface area contributed by atoms with Crippen molar-refractivity contribution < 1.29 is 16.4 Å². The van der Waals surface area contributed by atoms with Gasteiger partial charge in [-0.05, 0) is 30.5 Å².